The van der Waals surface area contributed by atoms with E-state index >= 15 is 0 Å². The van der Waals surface area contributed by atoms with Gasteiger partial charge in [0.05, 0.1) is 4.90 Å². The van der Waals surface area contributed by atoms with Crippen LogP contribution >= 0.6 is 0 Å². The molecule has 0 radical (unpaired) electrons. The van der Waals surface area contributed by atoms with Crippen LogP contribution in [0.4, 0.5) is 4.39 Å². The first-order valence-corrected chi connectivity index (χ1v) is 10.7. The summed E-state index contributed by atoms with van der Waals surface area (Å²) in [7, 11) is -1.45. The van der Waals surface area contributed by atoms with Crippen LogP contribution in [0.5, 0.6) is 0 Å². The molecule has 2 N–H and O–H groups in total. The van der Waals surface area contributed by atoms with Crippen molar-refractivity contribution in [2.75, 3.05) is 26.4 Å². The molecule has 0 amide bonds. The molecule has 0 saturated carbocycles. The predicted molar refractivity (Wildman–Crippen MR) is 107 cm³/mol. The largest absolute Gasteiger partial charge is 0.356 e. The Morgan fingerprint density at radius 3 is 2.22 bits per heavy atom. The van der Waals surface area contributed by atoms with Crippen molar-refractivity contribution in [2.24, 2.45) is 4.99 Å². The van der Waals surface area contributed by atoms with E-state index in [1.54, 1.807) is 19.2 Å². The highest BCUT2D eigenvalue weighted by molar-refractivity contribution is 7.90. The fourth-order valence-corrected chi connectivity index (χ4v) is 3.34. The van der Waals surface area contributed by atoms with Gasteiger partial charge in [-0.2, -0.15) is 0 Å². The van der Waals surface area contributed by atoms with Gasteiger partial charge in [0.1, 0.15) is 5.82 Å². The molecule has 2 aromatic carbocycles. The maximum absolute atomic E-state index is 13.1. The lowest BCUT2D eigenvalue weighted by Gasteiger charge is -2.13. The number of aliphatic imine (C=N–C) groups is 1. The van der Waals surface area contributed by atoms with Gasteiger partial charge < -0.3 is 10.6 Å². The van der Waals surface area contributed by atoms with Crippen LogP contribution in [0.25, 0.3) is 0 Å². The van der Waals surface area contributed by atoms with Gasteiger partial charge in [-0.3, -0.25) is 4.99 Å². The van der Waals surface area contributed by atoms with Gasteiger partial charge in [-0.15, -0.1) is 0 Å². The van der Waals surface area contributed by atoms with Crippen molar-refractivity contribution in [3.63, 3.8) is 0 Å². The van der Waals surface area contributed by atoms with E-state index in [1.165, 1.54) is 18.4 Å². The van der Waals surface area contributed by atoms with Crippen LogP contribution < -0.4 is 10.6 Å². The van der Waals surface area contributed by atoms with Gasteiger partial charge in [-0.25, -0.2) is 12.8 Å². The van der Waals surface area contributed by atoms with Crippen LogP contribution in [0.15, 0.2) is 52.4 Å². The number of hydrogen-bond donors (Lipinski definition) is 2. The number of nitrogens with zero attached hydrogens (tertiary/aromatic N) is 1. The summed E-state index contributed by atoms with van der Waals surface area (Å²) in [5.74, 6) is 0.480. The third kappa shape index (κ3) is 6.67. The Hall–Kier alpha value is -2.41. The number of benzene rings is 2. The van der Waals surface area contributed by atoms with Gasteiger partial charge in [-0.1, -0.05) is 18.2 Å². The zero-order chi connectivity index (χ0) is 19.9. The van der Waals surface area contributed by atoms with E-state index in [1.807, 2.05) is 25.1 Å². The van der Waals surface area contributed by atoms with Crippen molar-refractivity contribution in [1.29, 1.82) is 0 Å². The normalized spacial score (nSPS) is 12.1. The van der Waals surface area contributed by atoms with E-state index in [4.69, 9.17) is 0 Å². The maximum Gasteiger partial charge on any atom is 0.190 e. The Kier molecular flexibility index (Phi) is 7.36. The Morgan fingerprint density at radius 2 is 1.67 bits per heavy atom. The lowest BCUT2D eigenvalue weighted by Crippen LogP contribution is -2.39. The standard InChI is InChI=1S/C20H26FN3O2S/c1-15-14-18(21)7-6-17(15)11-13-24-20(22-2)23-12-10-16-4-8-19(9-5-16)27(3,25)26/h4-9,14H,10-13H2,1-3H3,(H2,22,23,24). The van der Waals surface area contributed by atoms with E-state index < -0.39 is 9.84 Å². The molecule has 0 spiro atoms. The molecule has 0 aromatic heterocycles. The van der Waals surface area contributed by atoms with Crippen molar-refractivity contribution < 1.29 is 12.8 Å². The SMILES string of the molecule is CN=C(NCCc1ccc(S(C)(=O)=O)cc1)NCCc1ccc(F)cc1C. The van der Waals surface area contributed by atoms with Gasteiger partial charge in [0.2, 0.25) is 0 Å². The lowest BCUT2D eigenvalue weighted by molar-refractivity contribution is 0.602. The number of hydrogen-bond acceptors (Lipinski definition) is 3. The van der Waals surface area contributed by atoms with E-state index in [0.717, 1.165) is 29.5 Å². The molecule has 27 heavy (non-hydrogen) atoms. The zero-order valence-electron chi connectivity index (χ0n) is 15.9. The smallest absolute Gasteiger partial charge is 0.190 e. The second-order valence-corrected chi connectivity index (χ2v) is 8.43. The Bertz CT molecular complexity index is 894. The summed E-state index contributed by atoms with van der Waals surface area (Å²) in [6.07, 6.45) is 2.73. The van der Waals surface area contributed by atoms with E-state index in [0.29, 0.717) is 23.9 Å². The molecule has 2 aromatic rings. The third-order valence-electron chi connectivity index (χ3n) is 4.27. The molecule has 0 aliphatic carbocycles. The molecule has 0 heterocycles. The van der Waals surface area contributed by atoms with Crippen molar-refractivity contribution in [3.8, 4) is 0 Å². The van der Waals surface area contributed by atoms with Gasteiger partial charge >= 0.3 is 0 Å². The van der Waals surface area contributed by atoms with Crippen molar-refractivity contribution in [2.45, 2.75) is 24.7 Å². The van der Waals surface area contributed by atoms with Crippen LogP contribution in [0.1, 0.15) is 16.7 Å². The minimum atomic E-state index is -3.16. The van der Waals surface area contributed by atoms with E-state index in [9.17, 15) is 12.8 Å². The second-order valence-electron chi connectivity index (χ2n) is 6.41. The number of sulfone groups is 1. The number of guanidine groups is 1. The topological polar surface area (TPSA) is 70.6 Å². The summed E-state index contributed by atoms with van der Waals surface area (Å²) >= 11 is 0. The summed E-state index contributed by atoms with van der Waals surface area (Å²) in [6, 6.07) is 11.7. The number of aryl methyl sites for hydroxylation is 1. The minimum Gasteiger partial charge on any atom is -0.356 e. The summed E-state index contributed by atoms with van der Waals surface area (Å²) in [5, 5.41) is 6.47. The molecule has 0 saturated heterocycles. The number of halogens is 1. The summed E-state index contributed by atoms with van der Waals surface area (Å²) in [5.41, 5.74) is 3.09. The molecule has 2 rings (SSSR count). The summed E-state index contributed by atoms with van der Waals surface area (Å²) in [4.78, 5) is 4.52. The molecule has 5 nitrogen and oxygen atoms in total. The quantitative estimate of drug-likeness (QED) is 0.562. The molecule has 0 bridgehead atoms. The molecule has 7 heteroatoms. The molecule has 0 aliphatic rings. The molecular weight excluding hydrogens is 365 g/mol. The fraction of sp³-hybridized carbons (Fsp3) is 0.350. The molecule has 0 unspecified atom stereocenters. The van der Waals surface area contributed by atoms with Crippen molar-refractivity contribution in [1.82, 2.24) is 10.6 Å². The van der Waals surface area contributed by atoms with Crippen LogP contribution in [-0.4, -0.2) is 40.8 Å². The zero-order valence-corrected chi connectivity index (χ0v) is 16.7. The number of nitrogens with one attached hydrogen (secondary N) is 2. The monoisotopic (exact) mass is 391 g/mol. The van der Waals surface area contributed by atoms with E-state index in [2.05, 4.69) is 15.6 Å². The first kappa shape index (κ1) is 20.9. The third-order valence-corrected chi connectivity index (χ3v) is 5.40. The van der Waals surface area contributed by atoms with Gasteiger partial charge in [0, 0.05) is 26.4 Å². The van der Waals surface area contributed by atoms with Crippen molar-refractivity contribution in [3.05, 3.63) is 65.0 Å². The average molecular weight is 392 g/mol. The van der Waals surface area contributed by atoms with Crippen LogP contribution in [-0.2, 0) is 22.7 Å². The maximum atomic E-state index is 13.1. The second kappa shape index (κ2) is 9.50. The van der Waals surface area contributed by atoms with E-state index in [-0.39, 0.29) is 5.82 Å². The number of rotatable bonds is 7. The van der Waals surface area contributed by atoms with Crippen LogP contribution in [0.2, 0.25) is 0 Å². The molecule has 0 fully saturated rings. The van der Waals surface area contributed by atoms with Gasteiger partial charge in [-0.05, 0) is 60.7 Å². The molecule has 0 atom stereocenters. The van der Waals surface area contributed by atoms with Gasteiger partial charge in [0.25, 0.3) is 0 Å². The molecule has 146 valence electrons. The molecule has 0 aliphatic heterocycles. The Balaban J connectivity index is 1.77. The van der Waals surface area contributed by atoms with Gasteiger partial charge in [0.15, 0.2) is 15.8 Å². The lowest BCUT2D eigenvalue weighted by atomic mass is 10.1. The first-order valence-electron chi connectivity index (χ1n) is 8.78. The summed E-state index contributed by atoms with van der Waals surface area (Å²) < 4.78 is 36.1. The highest BCUT2D eigenvalue weighted by Crippen LogP contribution is 2.11. The minimum absolute atomic E-state index is 0.216. The highest BCUT2D eigenvalue weighted by atomic mass is 32.2. The molecular formula is C20H26FN3O2S. The summed E-state index contributed by atoms with van der Waals surface area (Å²) in [6.45, 7) is 3.27. The highest BCUT2D eigenvalue weighted by Gasteiger charge is 2.06. The predicted octanol–water partition coefficient (Wildman–Crippen LogP) is 2.49. The Labute approximate surface area is 160 Å². The average Bonchev–Trinajstić information content (AvgIpc) is 2.61. The van der Waals surface area contributed by atoms with Crippen LogP contribution in [0.3, 0.4) is 0 Å². The Morgan fingerprint density at radius 1 is 1.04 bits per heavy atom. The van der Waals surface area contributed by atoms with Crippen LogP contribution in [0, 0.1) is 12.7 Å². The fourth-order valence-electron chi connectivity index (χ4n) is 2.70. The van der Waals surface area contributed by atoms with Crippen molar-refractivity contribution >= 4 is 15.8 Å². The first-order chi connectivity index (χ1) is 12.8.